The average molecular weight is 532 g/mol. The number of carbonyl (C=O) groups excluding carboxylic acids is 2. The molecular formula is C28H25N3O4S2. The molecule has 37 heavy (non-hydrogen) atoms. The Kier molecular flexibility index (Phi) is 6.12. The Morgan fingerprint density at radius 2 is 1.97 bits per heavy atom. The molecule has 0 fully saturated rings. The van der Waals surface area contributed by atoms with Crippen LogP contribution in [0.2, 0.25) is 0 Å². The fourth-order valence-electron chi connectivity index (χ4n) is 5.01. The highest BCUT2D eigenvalue weighted by Crippen LogP contribution is 2.36. The van der Waals surface area contributed by atoms with Crippen LogP contribution in [0.1, 0.15) is 41.3 Å². The molecule has 7 nitrogen and oxygen atoms in total. The molecule has 1 aliphatic heterocycles. The normalized spacial score (nSPS) is 16.9. The molecule has 0 radical (unpaired) electrons. The Balaban J connectivity index is 1.22. The van der Waals surface area contributed by atoms with E-state index in [4.69, 9.17) is 4.74 Å². The molecule has 1 aliphatic carbocycles. The molecule has 3 heterocycles. The Labute approximate surface area is 221 Å². The zero-order chi connectivity index (χ0) is 25.7. The SMILES string of the molecule is CC1Oc2ccc(C(=O)CSc3nc4scc(-c5ccc6c(c5)CCCC6)c4c(=O)[nH]3)cc2N(C)C1=O. The number of thiophene rings is 1. The van der Waals surface area contributed by atoms with Crippen LogP contribution in [0.5, 0.6) is 5.75 Å². The number of rotatable bonds is 5. The van der Waals surface area contributed by atoms with Crippen LogP contribution >= 0.6 is 23.1 Å². The van der Waals surface area contributed by atoms with Gasteiger partial charge in [0.15, 0.2) is 17.0 Å². The van der Waals surface area contributed by atoms with E-state index in [0.29, 0.717) is 32.4 Å². The smallest absolute Gasteiger partial charge is 0.267 e. The molecule has 9 heteroatoms. The van der Waals surface area contributed by atoms with E-state index in [2.05, 4.69) is 28.2 Å². The van der Waals surface area contributed by atoms with Gasteiger partial charge in [-0.3, -0.25) is 14.4 Å². The first-order valence-electron chi connectivity index (χ1n) is 12.3. The molecule has 1 unspecified atom stereocenters. The Hall–Kier alpha value is -3.43. The van der Waals surface area contributed by atoms with Crippen molar-refractivity contribution in [2.75, 3.05) is 17.7 Å². The van der Waals surface area contributed by atoms with Gasteiger partial charge in [0.25, 0.3) is 11.5 Å². The van der Waals surface area contributed by atoms with Crippen LogP contribution in [0.25, 0.3) is 21.3 Å². The average Bonchev–Trinajstić information content (AvgIpc) is 3.35. The van der Waals surface area contributed by atoms with Crippen molar-refractivity contribution in [2.24, 2.45) is 0 Å². The Morgan fingerprint density at radius 3 is 2.81 bits per heavy atom. The van der Waals surface area contributed by atoms with Crippen LogP contribution in [0.4, 0.5) is 5.69 Å². The minimum Gasteiger partial charge on any atom is -0.479 e. The zero-order valence-electron chi connectivity index (χ0n) is 20.5. The van der Waals surface area contributed by atoms with Crippen molar-refractivity contribution >= 4 is 50.7 Å². The lowest BCUT2D eigenvalue weighted by Crippen LogP contribution is -2.42. The van der Waals surface area contributed by atoms with E-state index in [-0.39, 0.29) is 23.0 Å². The molecule has 0 saturated heterocycles. The van der Waals surface area contributed by atoms with Crippen molar-refractivity contribution in [2.45, 2.75) is 43.9 Å². The number of hydrogen-bond acceptors (Lipinski definition) is 7. The van der Waals surface area contributed by atoms with Crippen molar-refractivity contribution in [3.05, 3.63) is 68.8 Å². The zero-order valence-corrected chi connectivity index (χ0v) is 22.1. The monoisotopic (exact) mass is 531 g/mol. The number of Topliss-reactive ketones (excluding diaryl/α,β-unsaturated/α-hetero) is 1. The number of nitrogens with zero attached hydrogens (tertiary/aromatic N) is 2. The number of likely N-dealkylation sites (N-methyl/N-ethyl adjacent to an activating group) is 1. The molecule has 0 saturated carbocycles. The molecule has 1 N–H and O–H groups in total. The molecular weight excluding hydrogens is 506 g/mol. The number of anilines is 1. The molecule has 4 aromatic rings. The van der Waals surface area contributed by atoms with Gasteiger partial charge in [-0.1, -0.05) is 30.0 Å². The Bertz CT molecular complexity index is 1620. The summed E-state index contributed by atoms with van der Waals surface area (Å²) in [6.07, 6.45) is 4.08. The van der Waals surface area contributed by atoms with Gasteiger partial charge < -0.3 is 14.6 Å². The lowest BCUT2D eigenvalue weighted by molar-refractivity contribution is -0.125. The third-order valence-corrected chi connectivity index (χ3v) is 8.79. The first-order valence-corrected chi connectivity index (χ1v) is 14.1. The predicted octanol–water partition coefficient (Wildman–Crippen LogP) is 5.25. The number of thioether (sulfide) groups is 1. The van der Waals surface area contributed by atoms with Gasteiger partial charge in [0.1, 0.15) is 10.6 Å². The summed E-state index contributed by atoms with van der Waals surface area (Å²) in [5.41, 5.74) is 5.57. The van der Waals surface area contributed by atoms with Crippen LogP contribution in [0.3, 0.4) is 0 Å². The third-order valence-electron chi connectivity index (χ3n) is 7.05. The number of H-pyrrole nitrogens is 1. The second-order valence-electron chi connectivity index (χ2n) is 9.44. The van der Waals surface area contributed by atoms with E-state index in [0.717, 1.165) is 24.0 Å². The predicted molar refractivity (Wildman–Crippen MR) is 147 cm³/mol. The van der Waals surface area contributed by atoms with Gasteiger partial charge in [-0.2, -0.15) is 0 Å². The number of hydrogen-bond donors (Lipinski definition) is 1. The highest BCUT2D eigenvalue weighted by molar-refractivity contribution is 7.99. The highest BCUT2D eigenvalue weighted by Gasteiger charge is 2.29. The third kappa shape index (κ3) is 4.36. The van der Waals surface area contributed by atoms with Crippen LogP contribution in [0.15, 0.2) is 51.7 Å². The van der Waals surface area contributed by atoms with E-state index in [9.17, 15) is 14.4 Å². The number of ether oxygens (including phenoxy) is 1. The Morgan fingerprint density at radius 1 is 1.16 bits per heavy atom. The maximum absolute atomic E-state index is 13.1. The molecule has 6 rings (SSSR count). The number of ketones is 1. The second-order valence-corrected chi connectivity index (χ2v) is 11.3. The number of aromatic amines is 1. The molecule has 1 atom stereocenters. The lowest BCUT2D eigenvalue weighted by atomic mass is 9.89. The summed E-state index contributed by atoms with van der Waals surface area (Å²) < 4.78 is 5.64. The number of amides is 1. The van der Waals surface area contributed by atoms with Crippen LogP contribution < -0.4 is 15.2 Å². The summed E-state index contributed by atoms with van der Waals surface area (Å²) in [4.78, 5) is 47.9. The van der Waals surface area contributed by atoms with E-state index in [1.807, 2.05) is 5.38 Å². The number of aromatic nitrogens is 2. The fourth-order valence-corrected chi connectivity index (χ4v) is 6.77. The van der Waals surface area contributed by atoms with Crippen LogP contribution in [-0.2, 0) is 17.6 Å². The summed E-state index contributed by atoms with van der Waals surface area (Å²) in [7, 11) is 1.67. The van der Waals surface area contributed by atoms with Gasteiger partial charge in [0.05, 0.1) is 16.8 Å². The quantitative estimate of drug-likeness (QED) is 0.215. The summed E-state index contributed by atoms with van der Waals surface area (Å²) in [5.74, 6) is 0.386. The molecule has 1 amide bonds. The summed E-state index contributed by atoms with van der Waals surface area (Å²) >= 11 is 2.63. The van der Waals surface area contributed by atoms with Crippen molar-refractivity contribution in [3.63, 3.8) is 0 Å². The van der Waals surface area contributed by atoms with Gasteiger partial charge in [-0.15, -0.1) is 11.3 Å². The number of nitrogens with one attached hydrogen (secondary N) is 1. The minimum atomic E-state index is -0.558. The number of aryl methyl sites for hydroxylation is 2. The van der Waals surface area contributed by atoms with Crippen molar-refractivity contribution in [3.8, 4) is 16.9 Å². The van der Waals surface area contributed by atoms with E-state index in [1.165, 1.54) is 52.0 Å². The molecule has 2 aliphatic rings. The van der Waals surface area contributed by atoms with Crippen molar-refractivity contribution in [1.82, 2.24) is 9.97 Å². The number of fused-ring (bicyclic) bond motifs is 3. The van der Waals surface area contributed by atoms with E-state index < -0.39 is 6.10 Å². The molecule has 0 bridgehead atoms. The molecule has 2 aromatic heterocycles. The first-order chi connectivity index (χ1) is 17.9. The maximum atomic E-state index is 13.1. The highest BCUT2D eigenvalue weighted by atomic mass is 32.2. The molecule has 0 spiro atoms. The fraction of sp³-hybridized carbons (Fsp3) is 0.286. The van der Waals surface area contributed by atoms with Gasteiger partial charge in [0.2, 0.25) is 0 Å². The largest absolute Gasteiger partial charge is 0.479 e. The summed E-state index contributed by atoms with van der Waals surface area (Å²) in [5, 5.41) is 2.99. The standard InChI is InChI=1S/C28H25N3O4S2/c1-15-27(34)31(2)21-12-19(9-10-23(21)35-15)22(32)14-37-28-29-25(33)24-20(13-36-26(24)30-28)18-8-7-16-5-3-4-6-17(16)11-18/h7-13,15H,3-6,14H2,1-2H3,(H,29,30,33). The van der Waals surface area contributed by atoms with Crippen molar-refractivity contribution in [1.29, 1.82) is 0 Å². The topological polar surface area (TPSA) is 92.4 Å². The van der Waals surface area contributed by atoms with Crippen LogP contribution in [0, 0.1) is 0 Å². The van der Waals surface area contributed by atoms with Gasteiger partial charge in [-0.25, -0.2) is 4.98 Å². The first kappa shape index (κ1) is 23.9. The van der Waals surface area contributed by atoms with Gasteiger partial charge >= 0.3 is 0 Å². The van der Waals surface area contributed by atoms with E-state index >= 15 is 0 Å². The number of benzene rings is 2. The van der Waals surface area contributed by atoms with Crippen molar-refractivity contribution < 1.29 is 14.3 Å². The minimum absolute atomic E-state index is 0.102. The molecule has 2 aromatic carbocycles. The maximum Gasteiger partial charge on any atom is 0.267 e. The van der Waals surface area contributed by atoms with Gasteiger partial charge in [0, 0.05) is 23.6 Å². The van der Waals surface area contributed by atoms with E-state index in [1.54, 1.807) is 32.2 Å². The number of carbonyl (C=O) groups is 2. The lowest BCUT2D eigenvalue weighted by Gasteiger charge is -2.30. The summed E-state index contributed by atoms with van der Waals surface area (Å²) in [6, 6.07) is 11.6. The second kappa shape index (κ2) is 9.46. The molecule has 188 valence electrons. The van der Waals surface area contributed by atoms with Crippen LogP contribution in [-0.4, -0.2) is 40.6 Å². The van der Waals surface area contributed by atoms with Gasteiger partial charge in [-0.05, 0) is 67.5 Å². The summed E-state index contributed by atoms with van der Waals surface area (Å²) in [6.45, 7) is 1.70.